The number of carbonyl (C=O) groups excluding carboxylic acids is 1. The van der Waals surface area contributed by atoms with E-state index in [1.54, 1.807) is 6.07 Å². The lowest BCUT2D eigenvalue weighted by atomic mass is 10.2. The van der Waals surface area contributed by atoms with E-state index in [-0.39, 0.29) is 11.9 Å². The van der Waals surface area contributed by atoms with Crippen LogP contribution in [0, 0.1) is 0 Å². The molecule has 1 aromatic heterocycles. The fourth-order valence-electron chi connectivity index (χ4n) is 1.69. The summed E-state index contributed by atoms with van der Waals surface area (Å²) in [4.78, 5) is 12.3. The molecule has 1 rings (SSSR count). The van der Waals surface area contributed by atoms with E-state index in [0.717, 1.165) is 6.42 Å². The predicted molar refractivity (Wildman–Crippen MR) is 78.0 cm³/mol. The van der Waals surface area contributed by atoms with E-state index >= 15 is 0 Å². The van der Waals surface area contributed by atoms with E-state index in [2.05, 4.69) is 5.32 Å². The first-order valence-corrected chi connectivity index (χ1v) is 8.87. The molecule has 19 heavy (non-hydrogen) atoms. The second-order valence-corrected chi connectivity index (χ2v) is 7.25. The highest BCUT2D eigenvalue weighted by Crippen LogP contribution is 2.09. The Bertz CT molecular complexity index is 497. The molecule has 0 aliphatic carbocycles. The van der Waals surface area contributed by atoms with E-state index in [9.17, 15) is 13.2 Å². The second kappa shape index (κ2) is 7.02. The predicted octanol–water partition coefficient (Wildman–Crippen LogP) is 1.54. The zero-order valence-corrected chi connectivity index (χ0v) is 13.1. The second-order valence-electron chi connectivity index (χ2n) is 4.36. The van der Waals surface area contributed by atoms with E-state index in [0.29, 0.717) is 18.0 Å². The fourth-order valence-corrected chi connectivity index (χ4v) is 3.56. The van der Waals surface area contributed by atoms with Crippen molar-refractivity contribution in [2.45, 2.75) is 26.3 Å². The molecule has 108 valence electrons. The highest BCUT2D eigenvalue weighted by Gasteiger charge is 2.21. The molecule has 0 saturated carbocycles. The molecule has 0 radical (unpaired) electrons. The average Bonchev–Trinajstić information content (AvgIpc) is 2.85. The number of hydrogen-bond donors (Lipinski definition) is 1. The molecule has 1 N–H and O–H groups in total. The van der Waals surface area contributed by atoms with Crippen LogP contribution in [-0.2, 0) is 10.0 Å². The SMILES string of the molecule is CCC(C)N(CCNC(=O)c1cccs1)S(C)(=O)=O. The van der Waals surface area contributed by atoms with Crippen molar-refractivity contribution < 1.29 is 13.2 Å². The van der Waals surface area contributed by atoms with Gasteiger partial charge in [-0.2, -0.15) is 4.31 Å². The van der Waals surface area contributed by atoms with Crippen molar-refractivity contribution in [1.29, 1.82) is 0 Å². The summed E-state index contributed by atoms with van der Waals surface area (Å²) < 4.78 is 24.7. The lowest BCUT2D eigenvalue weighted by molar-refractivity contribution is 0.0954. The van der Waals surface area contributed by atoms with Crippen molar-refractivity contribution in [2.24, 2.45) is 0 Å². The van der Waals surface area contributed by atoms with Crippen molar-refractivity contribution in [1.82, 2.24) is 9.62 Å². The number of carbonyl (C=O) groups is 1. The lowest BCUT2D eigenvalue weighted by Crippen LogP contribution is -2.42. The molecule has 0 spiro atoms. The quantitative estimate of drug-likeness (QED) is 0.831. The monoisotopic (exact) mass is 304 g/mol. The van der Waals surface area contributed by atoms with Crippen LogP contribution in [0.1, 0.15) is 29.9 Å². The summed E-state index contributed by atoms with van der Waals surface area (Å²) in [6.07, 6.45) is 1.94. The molecule has 1 unspecified atom stereocenters. The van der Waals surface area contributed by atoms with Crippen molar-refractivity contribution in [3.05, 3.63) is 22.4 Å². The summed E-state index contributed by atoms with van der Waals surface area (Å²) in [6, 6.07) is 3.48. The molecule has 1 heterocycles. The molecule has 1 atom stereocenters. The van der Waals surface area contributed by atoms with Gasteiger partial charge in [-0.3, -0.25) is 4.79 Å². The molecule has 0 fully saturated rings. The zero-order valence-electron chi connectivity index (χ0n) is 11.4. The van der Waals surface area contributed by atoms with Gasteiger partial charge in [-0.1, -0.05) is 13.0 Å². The van der Waals surface area contributed by atoms with Gasteiger partial charge in [-0.05, 0) is 24.8 Å². The Labute approximate surface area is 118 Å². The van der Waals surface area contributed by atoms with Crippen molar-refractivity contribution >= 4 is 27.3 Å². The largest absolute Gasteiger partial charge is 0.350 e. The molecular weight excluding hydrogens is 284 g/mol. The first kappa shape index (κ1) is 16.1. The summed E-state index contributed by atoms with van der Waals surface area (Å²) in [7, 11) is -3.24. The smallest absolute Gasteiger partial charge is 0.261 e. The third-order valence-corrected chi connectivity index (χ3v) is 5.13. The third-order valence-electron chi connectivity index (χ3n) is 2.87. The number of thiophene rings is 1. The minimum Gasteiger partial charge on any atom is -0.350 e. The van der Waals surface area contributed by atoms with Crippen LogP contribution in [0.4, 0.5) is 0 Å². The van der Waals surface area contributed by atoms with Gasteiger partial charge in [0.15, 0.2) is 0 Å². The Balaban J connectivity index is 2.52. The summed E-state index contributed by atoms with van der Waals surface area (Å²) in [6.45, 7) is 4.41. The summed E-state index contributed by atoms with van der Waals surface area (Å²) >= 11 is 1.36. The molecule has 0 bridgehead atoms. The standard InChI is InChI=1S/C12H20N2O3S2/c1-4-10(2)14(19(3,16)17)8-7-13-12(15)11-6-5-9-18-11/h5-6,9-10H,4,7-8H2,1-3H3,(H,13,15). The molecule has 0 aliphatic heterocycles. The van der Waals surface area contributed by atoms with Crippen LogP contribution in [0.15, 0.2) is 17.5 Å². The Morgan fingerprint density at radius 3 is 2.68 bits per heavy atom. The number of nitrogens with zero attached hydrogens (tertiary/aromatic N) is 1. The van der Waals surface area contributed by atoms with Crippen molar-refractivity contribution in [3.63, 3.8) is 0 Å². The Morgan fingerprint density at radius 2 is 2.21 bits per heavy atom. The number of nitrogens with one attached hydrogen (secondary N) is 1. The van der Waals surface area contributed by atoms with Gasteiger partial charge in [0.2, 0.25) is 10.0 Å². The van der Waals surface area contributed by atoms with E-state index < -0.39 is 10.0 Å². The first-order valence-electron chi connectivity index (χ1n) is 6.14. The molecule has 1 aromatic rings. The van der Waals surface area contributed by atoms with Gasteiger partial charge in [-0.25, -0.2) is 8.42 Å². The van der Waals surface area contributed by atoms with Crippen LogP contribution in [-0.4, -0.2) is 44.0 Å². The molecule has 0 saturated heterocycles. The summed E-state index contributed by atoms with van der Waals surface area (Å²) in [5.41, 5.74) is 0. The van der Waals surface area contributed by atoms with Crippen LogP contribution in [0.2, 0.25) is 0 Å². The van der Waals surface area contributed by atoms with Gasteiger partial charge in [0, 0.05) is 19.1 Å². The molecule has 7 heteroatoms. The molecule has 0 aliphatic rings. The van der Waals surface area contributed by atoms with Crippen LogP contribution < -0.4 is 5.32 Å². The number of hydrogen-bond acceptors (Lipinski definition) is 4. The maximum Gasteiger partial charge on any atom is 0.261 e. The number of sulfonamides is 1. The Morgan fingerprint density at radius 1 is 1.53 bits per heavy atom. The van der Waals surface area contributed by atoms with Crippen LogP contribution in [0.25, 0.3) is 0 Å². The van der Waals surface area contributed by atoms with Gasteiger partial charge in [0.1, 0.15) is 0 Å². The van der Waals surface area contributed by atoms with Gasteiger partial charge in [-0.15, -0.1) is 11.3 Å². The molecule has 5 nitrogen and oxygen atoms in total. The van der Waals surface area contributed by atoms with Crippen molar-refractivity contribution in [2.75, 3.05) is 19.3 Å². The zero-order chi connectivity index (χ0) is 14.5. The Kier molecular flexibility index (Phi) is 5.96. The minimum atomic E-state index is -3.24. The van der Waals surface area contributed by atoms with Crippen LogP contribution >= 0.6 is 11.3 Å². The first-order chi connectivity index (χ1) is 8.86. The summed E-state index contributed by atoms with van der Waals surface area (Å²) in [5, 5.41) is 4.56. The lowest BCUT2D eigenvalue weighted by Gasteiger charge is -2.25. The van der Waals surface area contributed by atoms with E-state index in [1.165, 1.54) is 21.9 Å². The average molecular weight is 304 g/mol. The van der Waals surface area contributed by atoms with E-state index in [1.807, 2.05) is 25.3 Å². The van der Waals surface area contributed by atoms with Crippen LogP contribution in [0.3, 0.4) is 0 Å². The molecule has 1 amide bonds. The van der Waals surface area contributed by atoms with Gasteiger partial charge < -0.3 is 5.32 Å². The fraction of sp³-hybridized carbons (Fsp3) is 0.583. The van der Waals surface area contributed by atoms with E-state index in [4.69, 9.17) is 0 Å². The molecular formula is C12H20N2O3S2. The maximum absolute atomic E-state index is 11.7. The normalized spacial score (nSPS) is 13.5. The third kappa shape index (κ3) is 4.93. The number of amides is 1. The topological polar surface area (TPSA) is 66.5 Å². The van der Waals surface area contributed by atoms with Gasteiger partial charge in [0.25, 0.3) is 5.91 Å². The minimum absolute atomic E-state index is 0.0614. The highest BCUT2D eigenvalue weighted by atomic mass is 32.2. The highest BCUT2D eigenvalue weighted by molar-refractivity contribution is 7.88. The van der Waals surface area contributed by atoms with Crippen molar-refractivity contribution in [3.8, 4) is 0 Å². The van der Waals surface area contributed by atoms with Gasteiger partial charge >= 0.3 is 0 Å². The number of rotatable bonds is 7. The summed E-state index contributed by atoms with van der Waals surface area (Å²) in [5.74, 6) is -0.160. The Hall–Kier alpha value is -0.920. The van der Waals surface area contributed by atoms with Crippen LogP contribution in [0.5, 0.6) is 0 Å². The van der Waals surface area contributed by atoms with Gasteiger partial charge in [0.05, 0.1) is 11.1 Å². The molecule has 0 aromatic carbocycles. The maximum atomic E-state index is 11.7.